The maximum atomic E-state index is 2.32. The molecule has 0 atom stereocenters. The quantitative estimate of drug-likeness (QED) is 0.418. The molecule has 12 heavy (non-hydrogen) atoms. The van der Waals surface area contributed by atoms with Crippen LogP contribution in [0.4, 0.5) is 0 Å². The van der Waals surface area contributed by atoms with Crippen molar-refractivity contribution < 1.29 is 0 Å². The lowest BCUT2D eigenvalue weighted by Crippen LogP contribution is -2.11. The van der Waals surface area contributed by atoms with Gasteiger partial charge >= 0.3 is 0 Å². The van der Waals surface area contributed by atoms with Crippen LogP contribution in [0.5, 0.6) is 0 Å². The van der Waals surface area contributed by atoms with E-state index in [9.17, 15) is 0 Å². The van der Waals surface area contributed by atoms with Crippen LogP contribution in [0.1, 0.15) is 39.0 Å². The summed E-state index contributed by atoms with van der Waals surface area (Å²) in [7, 11) is 4.23. The van der Waals surface area contributed by atoms with E-state index in [2.05, 4.69) is 38.1 Å². The summed E-state index contributed by atoms with van der Waals surface area (Å²) in [5.41, 5.74) is 0. The fourth-order valence-corrected chi connectivity index (χ4v) is 1.08. The lowest BCUT2D eigenvalue weighted by molar-refractivity contribution is 0.417. The number of hydrogen-bond donors (Lipinski definition) is 0. The van der Waals surface area contributed by atoms with E-state index in [-0.39, 0.29) is 0 Å². The molecule has 0 heterocycles. The Morgan fingerprint density at radius 2 is 1.67 bits per heavy atom. The Bertz CT molecular complexity index is 106. The molecule has 0 aliphatic heterocycles. The zero-order valence-electron chi connectivity index (χ0n) is 8.84. The highest BCUT2D eigenvalue weighted by Gasteiger charge is 1.85. The maximum absolute atomic E-state index is 2.32. The molecule has 0 rings (SSSR count). The summed E-state index contributed by atoms with van der Waals surface area (Å²) in [5, 5.41) is 0. The number of hydrogen-bond acceptors (Lipinski definition) is 1. The lowest BCUT2D eigenvalue weighted by atomic mass is 10.2. The van der Waals surface area contributed by atoms with E-state index in [1.807, 2.05) is 0 Å². The van der Waals surface area contributed by atoms with Crippen molar-refractivity contribution in [2.75, 3.05) is 20.6 Å². The first-order valence-corrected chi connectivity index (χ1v) is 5.07. The van der Waals surface area contributed by atoms with Gasteiger partial charge in [0, 0.05) is 6.54 Å². The van der Waals surface area contributed by atoms with Gasteiger partial charge in [0.2, 0.25) is 0 Å². The van der Waals surface area contributed by atoms with Gasteiger partial charge < -0.3 is 4.90 Å². The molecule has 72 valence electrons. The van der Waals surface area contributed by atoms with Gasteiger partial charge in [-0.15, -0.1) is 0 Å². The van der Waals surface area contributed by atoms with Crippen LogP contribution in [-0.4, -0.2) is 25.5 Å². The first-order valence-electron chi connectivity index (χ1n) is 5.07. The molecule has 1 nitrogen and oxygen atoms in total. The van der Waals surface area contributed by atoms with Crippen molar-refractivity contribution in [2.45, 2.75) is 39.0 Å². The molecule has 0 saturated heterocycles. The van der Waals surface area contributed by atoms with E-state index in [0.717, 1.165) is 0 Å². The van der Waals surface area contributed by atoms with E-state index < -0.39 is 0 Å². The summed E-state index contributed by atoms with van der Waals surface area (Å²) in [6.45, 7) is 3.42. The number of allylic oxidation sites excluding steroid dienone is 1. The molecule has 0 aromatic heterocycles. The zero-order chi connectivity index (χ0) is 9.23. The van der Waals surface area contributed by atoms with Crippen LogP contribution in [0.3, 0.4) is 0 Å². The van der Waals surface area contributed by atoms with Crippen LogP contribution >= 0.6 is 0 Å². The van der Waals surface area contributed by atoms with Crippen molar-refractivity contribution in [3.63, 3.8) is 0 Å². The average molecular weight is 169 g/mol. The van der Waals surface area contributed by atoms with Gasteiger partial charge in [0.1, 0.15) is 0 Å². The summed E-state index contributed by atoms with van der Waals surface area (Å²) in [4.78, 5) is 2.22. The molecule has 0 aliphatic rings. The van der Waals surface area contributed by atoms with E-state index in [1.165, 1.54) is 38.6 Å². The standard InChI is InChI=1S/C11H23N/c1-4-5-6-7-8-9-10-11-12(2)3/h8-9H,4-7,10-11H2,1-3H3/b9-8+. The van der Waals surface area contributed by atoms with Gasteiger partial charge in [-0.1, -0.05) is 31.9 Å². The second-order valence-corrected chi connectivity index (χ2v) is 3.56. The predicted octanol–water partition coefficient (Wildman–Crippen LogP) is 3.07. The van der Waals surface area contributed by atoms with Gasteiger partial charge in [-0.3, -0.25) is 0 Å². The average Bonchev–Trinajstić information content (AvgIpc) is 2.02. The molecular formula is C11H23N. The van der Waals surface area contributed by atoms with Gasteiger partial charge in [0.05, 0.1) is 0 Å². The van der Waals surface area contributed by atoms with Crippen LogP contribution in [-0.2, 0) is 0 Å². The van der Waals surface area contributed by atoms with Gasteiger partial charge in [-0.2, -0.15) is 0 Å². The maximum Gasteiger partial charge on any atom is 0.000980 e. The molecule has 0 saturated carbocycles. The van der Waals surface area contributed by atoms with Crippen LogP contribution < -0.4 is 0 Å². The van der Waals surface area contributed by atoms with E-state index in [0.29, 0.717) is 0 Å². The Morgan fingerprint density at radius 1 is 1.00 bits per heavy atom. The highest BCUT2D eigenvalue weighted by molar-refractivity contribution is 4.81. The molecular weight excluding hydrogens is 146 g/mol. The fourth-order valence-electron chi connectivity index (χ4n) is 1.08. The number of nitrogens with zero attached hydrogens (tertiary/aromatic N) is 1. The minimum atomic E-state index is 1.17. The molecule has 1 heteroatoms. The molecule has 0 fully saturated rings. The largest absolute Gasteiger partial charge is 0.309 e. The summed E-state index contributed by atoms with van der Waals surface area (Å²) in [6, 6.07) is 0. The molecule has 0 aliphatic carbocycles. The Morgan fingerprint density at radius 3 is 2.25 bits per heavy atom. The van der Waals surface area contributed by atoms with Crippen molar-refractivity contribution in [1.29, 1.82) is 0 Å². The van der Waals surface area contributed by atoms with Gasteiger partial charge in [0.15, 0.2) is 0 Å². The minimum absolute atomic E-state index is 1.17. The number of rotatable bonds is 7. The van der Waals surface area contributed by atoms with Crippen LogP contribution in [0.2, 0.25) is 0 Å². The van der Waals surface area contributed by atoms with Crippen LogP contribution in [0.25, 0.3) is 0 Å². The van der Waals surface area contributed by atoms with Crippen molar-refractivity contribution in [2.24, 2.45) is 0 Å². The van der Waals surface area contributed by atoms with Gasteiger partial charge in [0.25, 0.3) is 0 Å². The topological polar surface area (TPSA) is 3.24 Å². The smallest absolute Gasteiger partial charge is 0.000980 e. The molecule has 0 N–H and O–H groups in total. The summed E-state index contributed by atoms with van der Waals surface area (Å²) >= 11 is 0. The van der Waals surface area contributed by atoms with Crippen LogP contribution in [0, 0.1) is 0 Å². The van der Waals surface area contributed by atoms with Crippen molar-refractivity contribution >= 4 is 0 Å². The van der Waals surface area contributed by atoms with Gasteiger partial charge in [-0.05, 0) is 33.4 Å². The summed E-state index contributed by atoms with van der Waals surface area (Å²) in [5.74, 6) is 0. The van der Waals surface area contributed by atoms with Gasteiger partial charge in [-0.25, -0.2) is 0 Å². The summed E-state index contributed by atoms with van der Waals surface area (Å²) in [6.07, 6.45) is 11.1. The third-order valence-electron chi connectivity index (χ3n) is 1.88. The molecule has 0 unspecified atom stereocenters. The van der Waals surface area contributed by atoms with E-state index in [4.69, 9.17) is 0 Å². The SMILES string of the molecule is CCCCC/C=C/CCN(C)C. The van der Waals surface area contributed by atoms with E-state index >= 15 is 0 Å². The highest BCUT2D eigenvalue weighted by Crippen LogP contribution is 2.00. The Hall–Kier alpha value is -0.300. The van der Waals surface area contributed by atoms with Crippen LogP contribution in [0.15, 0.2) is 12.2 Å². The Kier molecular flexibility index (Phi) is 8.57. The Labute approximate surface area is 77.5 Å². The van der Waals surface area contributed by atoms with E-state index in [1.54, 1.807) is 0 Å². The first-order chi connectivity index (χ1) is 5.77. The third kappa shape index (κ3) is 9.70. The second-order valence-electron chi connectivity index (χ2n) is 3.56. The highest BCUT2D eigenvalue weighted by atomic mass is 15.0. The molecule has 0 aromatic rings. The molecule has 0 aromatic carbocycles. The predicted molar refractivity (Wildman–Crippen MR) is 56.5 cm³/mol. The minimum Gasteiger partial charge on any atom is -0.309 e. The molecule has 0 spiro atoms. The van der Waals surface area contributed by atoms with Crippen molar-refractivity contribution in [1.82, 2.24) is 4.90 Å². The fraction of sp³-hybridized carbons (Fsp3) is 0.818. The number of unbranched alkanes of at least 4 members (excludes halogenated alkanes) is 3. The molecule has 0 amide bonds. The van der Waals surface area contributed by atoms with Crippen molar-refractivity contribution in [3.05, 3.63) is 12.2 Å². The second kappa shape index (κ2) is 8.79. The molecule has 0 bridgehead atoms. The normalized spacial score (nSPS) is 11.7. The lowest BCUT2D eigenvalue weighted by Gasteiger charge is -2.05. The zero-order valence-corrected chi connectivity index (χ0v) is 8.84. The first kappa shape index (κ1) is 11.7. The third-order valence-corrected chi connectivity index (χ3v) is 1.88. The monoisotopic (exact) mass is 169 g/mol. The molecule has 0 radical (unpaired) electrons. The van der Waals surface area contributed by atoms with Crippen molar-refractivity contribution in [3.8, 4) is 0 Å². The summed E-state index contributed by atoms with van der Waals surface area (Å²) < 4.78 is 0. The Balaban J connectivity index is 3.04.